The number of ether oxygens (including phenoxy) is 1. The fraction of sp³-hybridized carbons (Fsp3) is 0.400. The predicted octanol–water partition coefficient (Wildman–Crippen LogP) is 4.37. The number of halogens is 2. The van der Waals surface area contributed by atoms with Crippen molar-refractivity contribution in [2.75, 3.05) is 7.11 Å². The van der Waals surface area contributed by atoms with Crippen molar-refractivity contribution in [1.29, 1.82) is 0 Å². The number of hydrogen-bond donors (Lipinski definition) is 0. The van der Waals surface area contributed by atoms with E-state index in [9.17, 15) is 0 Å². The normalized spacial score (nSPS) is 15.6. The van der Waals surface area contributed by atoms with Gasteiger partial charge in [0.25, 0.3) is 0 Å². The lowest BCUT2D eigenvalue weighted by Gasteiger charge is -2.08. The summed E-state index contributed by atoms with van der Waals surface area (Å²) in [5, 5.41) is 1.56. The molecule has 1 fully saturated rings. The molecule has 1 nitrogen and oxygen atoms in total. The van der Waals surface area contributed by atoms with E-state index in [2.05, 4.69) is 15.9 Å². The Balaban J connectivity index is 2.27. The average molecular weight is 294 g/mol. The first-order chi connectivity index (χ1) is 6.70. The van der Waals surface area contributed by atoms with Crippen LogP contribution in [-0.4, -0.2) is 12.4 Å². The minimum Gasteiger partial charge on any atom is -0.496 e. The van der Waals surface area contributed by atoms with Gasteiger partial charge in [0, 0.05) is 10.1 Å². The summed E-state index contributed by atoms with van der Waals surface area (Å²) in [6.07, 6.45) is 2.61. The van der Waals surface area contributed by atoms with Gasteiger partial charge in [0.1, 0.15) is 5.75 Å². The minimum absolute atomic E-state index is 0.762. The smallest absolute Gasteiger partial charge is 0.134 e. The summed E-state index contributed by atoms with van der Waals surface area (Å²) in [7, 11) is 1.67. The van der Waals surface area contributed by atoms with Gasteiger partial charge in [-0.2, -0.15) is 0 Å². The topological polar surface area (TPSA) is 9.23 Å². The highest BCUT2D eigenvalue weighted by Gasteiger charge is 2.24. The molecule has 1 saturated carbocycles. The lowest BCUT2D eigenvalue weighted by atomic mass is 10.3. The van der Waals surface area contributed by atoms with E-state index in [1.165, 1.54) is 12.8 Å². The summed E-state index contributed by atoms with van der Waals surface area (Å²) in [6.45, 7) is 0. The van der Waals surface area contributed by atoms with Crippen molar-refractivity contribution in [2.24, 2.45) is 0 Å². The quantitative estimate of drug-likeness (QED) is 0.818. The molecule has 0 heterocycles. The van der Waals surface area contributed by atoms with E-state index >= 15 is 0 Å². The van der Waals surface area contributed by atoms with E-state index < -0.39 is 0 Å². The zero-order valence-corrected chi connectivity index (χ0v) is 10.9. The van der Waals surface area contributed by atoms with E-state index in [1.807, 2.05) is 23.9 Å². The Bertz CT molecular complexity index is 352. The lowest BCUT2D eigenvalue weighted by molar-refractivity contribution is 0.411. The summed E-state index contributed by atoms with van der Waals surface area (Å²) in [5.41, 5.74) is 0. The number of methoxy groups -OCH3 is 1. The molecule has 0 aromatic heterocycles. The zero-order valence-electron chi connectivity index (χ0n) is 7.72. The molecule has 0 radical (unpaired) electrons. The third-order valence-corrected chi connectivity index (χ3v) is 4.47. The molecule has 0 unspecified atom stereocenters. The maximum atomic E-state index is 6.12. The van der Waals surface area contributed by atoms with Crippen LogP contribution in [0.15, 0.2) is 21.5 Å². The van der Waals surface area contributed by atoms with Gasteiger partial charge in [-0.15, -0.1) is 11.8 Å². The fourth-order valence-corrected chi connectivity index (χ4v) is 3.13. The van der Waals surface area contributed by atoms with E-state index in [1.54, 1.807) is 7.11 Å². The van der Waals surface area contributed by atoms with Gasteiger partial charge in [-0.25, -0.2) is 0 Å². The number of thioether (sulfide) groups is 1. The summed E-state index contributed by atoms with van der Waals surface area (Å²) in [6, 6.07) is 3.89. The molecule has 0 atom stereocenters. The molecular weight excluding hydrogens is 284 g/mol. The van der Waals surface area contributed by atoms with Crippen LogP contribution in [0.25, 0.3) is 0 Å². The van der Waals surface area contributed by atoms with E-state index in [4.69, 9.17) is 16.3 Å². The molecule has 4 heteroatoms. The standard InChI is InChI=1S/C10H10BrClOS/c1-13-9-5-10(14-6-2-3-6)8(12)4-7(9)11/h4-6H,2-3H2,1H3. The van der Waals surface area contributed by atoms with Gasteiger partial charge in [-0.05, 0) is 40.9 Å². The van der Waals surface area contributed by atoms with Gasteiger partial charge < -0.3 is 4.74 Å². The average Bonchev–Trinajstić information content (AvgIpc) is 2.93. The first-order valence-corrected chi connectivity index (χ1v) is 6.45. The molecule has 14 heavy (non-hydrogen) atoms. The molecule has 0 saturated heterocycles. The van der Waals surface area contributed by atoms with E-state index in [-0.39, 0.29) is 0 Å². The van der Waals surface area contributed by atoms with Crippen LogP contribution in [-0.2, 0) is 0 Å². The van der Waals surface area contributed by atoms with Crippen molar-refractivity contribution < 1.29 is 4.74 Å². The van der Waals surface area contributed by atoms with Gasteiger partial charge in [0.15, 0.2) is 0 Å². The highest BCUT2D eigenvalue weighted by molar-refractivity contribution is 9.10. The van der Waals surface area contributed by atoms with Crippen LogP contribution < -0.4 is 4.74 Å². The molecule has 1 aromatic rings. The third kappa shape index (κ3) is 2.38. The van der Waals surface area contributed by atoms with Crippen LogP contribution >= 0.6 is 39.3 Å². The SMILES string of the molecule is COc1cc(SC2CC2)c(Cl)cc1Br. The van der Waals surface area contributed by atoms with E-state index in [0.29, 0.717) is 0 Å². The first-order valence-electron chi connectivity index (χ1n) is 4.40. The van der Waals surface area contributed by atoms with Gasteiger partial charge in [0.2, 0.25) is 0 Å². The van der Waals surface area contributed by atoms with E-state index in [0.717, 1.165) is 25.4 Å². The molecule has 76 valence electrons. The molecular formula is C10H10BrClOS. The number of benzene rings is 1. The molecule has 0 bridgehead atoms. The Hall–Kier alpha value is 0.140. The van der Waals surface area contributed by atoms with Crippen LogP contribution in [0.4, 0.5) is 0 Å². The van der Waals surface area contributed by atoms with Gasteiger partial charge >= 0.3 is 0 Å². The minimum atomic E-state index is 0.762. The second kappa shape index (κ2) is 4.33. The molecule has 0 aliphatic heterocycles. The Morgan fingerprint density at radius 1 is 1.50 bits per heavy atom. The predicted molar refractivity (Wildman–Crippen MR) is 64.6 cm³/mol. The molecule has 2 rings (SSSR count). The van der Waals surface area contributed by atoms with Crippen LogP contribution in [0.2, 0.25) is 5.02 Å². The number of hydrogen-bond acceptors (Lipinski definition) is 2. The maximum Gasteiger partial charge on any atom is 0.134 e. The molecule has 1 aliphatic rings. The Kier molecular flexibility index (Phi) is 3.30. The molecule has 1 aliphatic carbocycles. The monoisotopic (exact) mass is 292 g/mol. The summed E-state index contributed by atoms with van der Waals surface area (Å²) in [4.78, 5) is 1.12. The summed E-state index contributed by atoms with van der Waals surface area (Å²) in [5.74, 6) is 0.845. The van der Waals surface area contributed by atoms with Crippen LogP contribution in [0.3, 0.4) is 0 Å². The lowest BCUT2D eigenvalue weighted by Crippen LogP contribution is -1.86. The number of rotatable bonds is 3. The van der Waals surface area contributed by atoms with Gasteiger partial charge in [0.05, 0.1) is 16.6 Å². The first kappa shape index (κ1) is 10.7. The summed E-state index contributed by atoms with van der Waals surface area (Å²) < 4.78 is 6.13. The van der Waals surface area contributed by atoms with Crippen molar-refractivity contribution in [1.82, 2.24) is 0 Å². The second-order valence-corrected chi connectivity index (χ2v) is 5.84. The van der Waals surface area contributed by atoms with Crippen molar-refractivity contribution in [3.63, 3.8) is 0 Å². The van der Waals surface area contributed by atoms with Crippen molar-refractivity contribution in [3.05, 3.63) is 21.6 Å². The van der Waals surface area contributed by atoms with Crippen molar-refractivity contribution >= 4 is 39.3 Å². The molecule has 1 aromatic carbocycles. The van der Waals surface area contributed by atoms with Crippen molar-refractivity contribution in [2.45, 2.75) is 23.0 Å². The zero-order chi connectivity index (χ0) is 10.1. The van der Waals surface area contributed by atoms with Gasteiger partial charge in [-0.1, -0.05) is 11.6 Å². The molecule has 0 N–H and O–H groups in total. The highest BCUT2D eigenvalue weighted by Crippen LogP contribution is 2.44. The maximum absolute atomic E-state index is 6.12. The Labute approximate surface area is 101 Å². The fourth-order valence-electron chi connectivity index (χ4n) is 1.12. The van der Waals surface area contributed by atoms with Crippen molar-refractivity contribution in [3.8, 4) is 5.75 Å². The largest absolute Gasteiger partial charge is 0.496 e. The third-order valence-electron chi connectivity index (χ3n) is 2.02. The second-order valence-electron chi connectivity index (χ2n) is 3.23. The van der Waals surface area contributed by atoms with Gasteiger partial charge in [-0.3, -0.25) is 0 Å². The highest BCUT2D eigenvalue weighted by atomic mass is 79.9. The van der Waals surface area contributed by atoms with Crippen LogP contribution in [0, 0.1) is 0 Å². The molecule has 0 amide bonds. The Morgan fingerprint density at radius 2 is 2.21 bits per heavy atom. The molecule has 0 spiro atoms. The van der Waals surface area contributed by atoms with Crippen LogP contribution in [0.5, 0.6) is 5.75 Å². The summed E-state index contributed by atoms with van der Waals surface area (Å²) >= 11 is 11.4. The Morgan fingerprint density at radius 3 is 2.79 bits per heavy atom. The van der Waals surface area contributed by atoms with Crippen LogP contribution in [0.1, 0.15) is 12.8 Å².